The highest BCUT2D eigenvalue weighted by molar-refractivity contribution is 5.93. The average Bonchev–Trinajstić information content (AvgIpc) is 2.91. The molecular weight excluding hydrogens is 342 g/mol. The number of carbonyl (C=O) groups excluding carboxylic acids is 1. The lowest BCUT2D eigenvalue weighted by Gasteiger charge is -2.06. The van der Waals surface area contributed by atoms with Gasteiger partial charge in [-0.1, -0.05) is 12.1 Å². The molecule has 3 rings (SSSR count). The predicted molar refractivity (Wildman–Crippen MR) is 90.6 cm³/mol. The number of hydrogen-bond acceptors (Lipinski definition) is 6. The molecule has 0 aliphatic rings. The van der Waals surface area contributed by atoms with Gasteiger partial charge in [0, 0.05) is 5.56 Å². The molecule has 0 spiro atoms. The minimum atomic E-state index is -1.06. The smallest absolute Gasteiger partial charge is 0.349 e. The van der Waals surface area contributed by atoms with E-state index in [1.165, 1.54) is 12.1 Å². The van der Waals surface area contributed by atoms with Crippen molar-refractivity contribution in [2.75, 3.05) is 6.61 Å². The fraction of sp³-hybridized carbons (Fsp3) is 0.176. The minimum absolute atomic E-state index is 0.0507. The van der Waals surface area contributed by atoms with Crippen LogP contribution in [0, 0.1) is 6.92 Å². The van der Waals surface area contributed by atoms with Gasteiger partial charge in [-0.2, -0.15) is 9.61 Å². The van der Waals surface area contributed by atoms with Gasteiger partial charge in [0.15, 0.2) is 5.56 Å². The van der Waals surface area contributed by atoms with Gasteiger partial charge in [-0.25, -0.2) is 9.59 Å². The summed E-state index contributed by atoms with van der Waals surface area (Å²) in [4.78, 5) is 37.7. The number of aromatic amines is 1. The first kappa shape index (κ1) is 17.2. The number of H-pyrrole nitrogens is 1. The topological polar surface area (TPSA) is 134 Å². The van der Waals surface area contributed by atoms with E-state index in [1.807, 2.05) is 0 Å². The van der Waals surface area contributed by atoms with E-state index >= 15 is 0 Å². The Bertz CT molecular complexity index is 1080. The Morgan fingerprint density at radius 1 is 1.27 bits per heavy atom. The van der Waals surface area contributed by atoms with E-state index in [0.29, 0.717) is 16.8 Å². The molecule has 0 unspecified atom stereocenters. The van der Waals surface area contributed by atoms with E-state index in [2.05, 4.69) is 10.1 Å². The second-order valence-electron chi connectivity index (χ2n) is 5.48. The highest BCUT2D eigenvalue weighted by Gasteiger charge is 2.24. The Morgan fingerprint density at radius 2 is 1.92 bits per heavy atom. The summed E-state index contributed by atoms with van der Waals surface area (Å²) in [5.74, 6) is -2.63. The Balaban J connectivity index is 2.23. The van der Waals surface area contributed by atoms with E-state index in [-0.39, 0.29) is 17.8 Å². The number of carbonyl (C=O) groups is 2. The minimum Gasteiger partial charge on any atom is -0.492 e. The van der Waals surface area contributed by atoms with Crippen molar-refractivity contribution in [2.24, 2.45) is 0 Å². The maximum Gasteiger partial charge on any atom is 0.349 e. The molecule has 0 saturated carbocycles. The molecule has 1 aromatic carbocycles. The molecule has 3 aromatic rings. The zero-order chi connectivity index (χ0) is 19.0. The maximum absolute atomic E-state index is 12.3. The molecule has 0 bridgehead atoms. The van der Waals surface area contributed by atoms with Crippen molar-refractivity contribution in [2.45, 2.75) is 13.8 Å². The van der Waals surface area contributed by atoms with Crippen LogP contribution in [-0.2, 0) is 4.74 Å². The number of hydrogen-bond donors (Lipinski definition) is 3. The Labute approximate surface area is 146 Å². The van der Waals surface area contributed by atoms with E-state index in [4.69, 9.17) is 9.84 Å². The van der Waals surface area contributed by atoms with Gasteiger partial charge in [0.25, 0.3) is 5.56 Å². The maximum atomic E-state index is 12.3. The third kappa shape index (κ3) is 2.69. The molecule has 9 heteroatoms. The van der Waals surface area contributed by atoms with Gasteiger partial charge >= 0.3 is 11.9 Å². The predicted octanol–water partition coefficient (Wildman–Crippen LogP) is 1.58. The van der Waals surface area contributed by atoms with Crippen molar-refractivity contribution in [3.05, 3.63) is 51.4 Å². The van der Waals surface area contributed by atoms with Crippen molar-refractivity contribution in [1.29, 1.82) is 0 Å². The van der Waals surface area contributed by atoms with Crippen LogP contribution in [0.15, 0.2) is 29.1 Å². The van der Waals surface area contributed by atoms with Crippen LogP contribution < -0.4 is 5.56 Å². The molecule has 0 aliphatic heterocycles. The van der Waals surface area contributed by atoms with Crippen LogP contribution in [0.2, 0.25) is 0 Å². The second kappa shape index (κ2) is 6.36. The number of aromatic hydroxyl groups is 1. The molecule has 0 amide bonds. The first-order chi connectivity index (χ1) is 12.3. The second-order valence-corrected chi connectivity index (χ2v) is 5.48. The van der Waals surface area contributed by atoms with Gasteiger partial charge in [-0.15, -0.1) is 0 Å². The number of fused-ring (bicyclic) bond motifs is 1. The summed E-state index contributed by atoms with van der Waals surface area (Å²) in [6.45, 7) is 3.29. The number of aryl methyl sites for hydroxylation is 1. The largest absolute Gasteiger partial charge is 0.492 e. The zero-order valence-corrected chi connectivity index (χ0v) is 13.9. The quantitative estimate of drug-likeness (QED) is 0.603. The first-order valence-electron chi connectivity index (χ1n) is 7.70. The number of rotatable bonds is 4. The molecule has 0 saturated heterocycles. The lowest BCUT2D eigenvalue weighted by molar-refractivity contribution is 0.0518. The standard InChI is InChI=1S/C17H15N3O6/c1-3-26-17(25)12-14(21)18-13-11(8(2)19-20(13)15(12)22)9-4-6-10(7-5-9)16(23)24/h4-7,22H,3H2,1-2H3,(H,18,21)(H,23,24). The van der Waals surface area contributed by atoms with Crippen molar-refractivity contribution >= 4 is 17.6 Å². The summed E-state index contributed by atoms with van der Waals surface area (Å²) < 4.78 is 5.83. The average molecular weight is 357 g/mol. The summed E-state index contributed by atoms with van der Waals surface area (Å²) in [6.07, 6.45) is 0. The first-order valence-corrected chi connectivity index (χ1v) is 7.70. The van der Waals surface area contributed by atoms with Crippen LogP contribution in [0.1, 0.15) is 33.3 Å². The third-order valence-corrected chi connectivity index (χ3v) is 3.84. The van der Waals surface area contributed by atoms with Crippen LogP contribution in [0.5, 0.6) is 5.88 Å². The summed E-state index contributed by atoms with van der Waals surface area (Å²) in [5.41, 5.74) is 0.530. The fourth-order valence-electron chi connectivity index (χ4n) is 2.69. The molecule has 3 N–H and O–H groups in total. The highest BCUT2D eigenvalue weighted by atomic mass is 16.5. The van der Waals surface area contributed by atoms with Crippen LogP contribution in [0.3, 0.4) is 0 Å². The van der Waals surface area contributed by atoms with E-state index in [0.717, 1.165) is 4.52 Å². The van der Waals surface area contributed by atoms with Crippen LogP contribution >= 0.6 is 0 Å². The zero-order valence-electron chi connectivity index (χ0n) is 13.9. The molecule has 0 atom stereocenters. The van der Waals surface area contributed by atoms with Gasteiger partial charge in [0.2, 0.25) is 5.88 Å². The Morgan fingerprint density at radius 3 is 2.50 bits per heavy atom. The summed E-state index contributed by atoms with van der Waals surface area (Å²) in [6, 6.07) is 5.99. The van der Waals surface area contributed by atoms with Crippen molar-refractivity contribution in [1.82, 2.24) is 14.6 Å². The van der Waals surface area contributed by atoms with Crippen molar-refractivity contribution < 1.29 is 24.5 Å². The van der Waals surface area contributed by atoms with Gasteiger partial charge in [-0.05, 0) is 31.5 Å². The third-order valence-electron chi connectivity index (χ3n) is 3.84. The number of benzene rings is 1. The monoisotopic (exact) mass is 357 g/mol. The number of carboxylic acid groups (broad SMARTS) is 1. The van der Waals surface area contributed by atoms with Gasteiger partial charge in [-0.3, -0.25) is 4.79 Å². The molecule has 0 fully saturated rings. The number of aromatic carboxylic acids is 1. The lowest BCUT2D eigenvalue weighted by Crippen LogP contribution is -2.22. The lowest BCUT2D eigenvalue weighted by atomic mass is 10.0. The van der Waals surface area contributed by atoms with E-state index < -0.39 is 28.9 Å². The van der Waals surface area contributed by atoms with Crippen molar-refractivity contribution in [3.63, 3.8) is 0 Å². The van der Waals surface area contributed by atoms with E-state index in [9.17, 15) is 19.5 Å². The molecular formula is C17H15N3O6. The number of carboxylic acids is 1. The number of aromatic nitrogens is 3. The van der Waals surface area contributed by atoms with Crippen LogP contribution in [-0.4, -0.2) is 43.4 Å². The molecule has 0 aliphatic carbocycles. The molecule has 2 heterocycles. The summed E-state index contributed by atoms with van der Waals surface area (Å²) in [7, 11) is 0. The number of nitrogens with one attached hydrogen (secondary N) is 1. The number of ether oxygens (including phenoxy) is 1. The fourth-order valence-corrected chi connectivity index (χ4v) is 2.69. The SMILES string of the molecule is CCOC(=O)c1c(O)n2nc(C)c(-c3ccc(C(=O)O)cc3)c2[nH]c1=O. The molecule has 9 nitrogen and oxygen atoms in total. The van der Waals surface area contributed by atoms with Crippen LogP contribution in [0.4, 0.5) is 0 Å². The molecule has 0 radical (unpaired) electrons. The van der Waals surface area contributed by atoms with Gasteiger partial charge in [0.1, 0.15) is 5.65 Å². The molecule has 26 heavy (non-hydrogen) atoms. The van der Waals surface area contributed by atoms with Gasteiger partial charge in [0.05, 0.1) is 17.9 Å². The highest BCUT2D eigenvalue weighted by Crippen LogP contribution is 2.29. The number of nitrogens with zero attached hydrogens (tertiary/aromatic N) is 2. The molecule has 134 valence electrons. The van der Waals surface area contributed by atoms with Crippen molar-refractivity contribution in [3.8, 4) is 17.0 Å². The van der Waals surface area contributed by atoms with Gasteiger partial charge < -0.3 is 19.9 Å². The number of esters is 1. The summed E-state index contributed by atoms with van der Waals surface area (Å²) >= 11 is 0. The van der Waals surface area contributed by atoms with E-state index in [1.54, 1.807) is 26.0 Å². The normalized spacial score (nSPS) is 10.8. The molecule has 2 aromatic heterocycles. The summed E-state index contributed by atoms with van der Waals surface area (Å²) in [5, 5.41) is 23.5. The Hall–Kier alpha value is -3.62. The van der Waals surface area contributed by atoms with Crippen LogP contribution in [0.25, 0.3) is 16.8 Å². The Kier molecular flexibility index (Phi) is 4.21.